The lowest BCUT2D eigenvalue weighted by molar-refractivity contribution is 0.198. The van der Waals surface area contributed by atoms with Crippen molar-refractivity contribution in [1.29, 1.82) is 0 Å². The molecule has 0 fully saturated rings. The standard InChI is InChI=1S/C13H15BrN2OS/c1-16-7-6-11(15-16)8-12(17)9-18-13-4-2-10(14)3-5-13/h2-7,12,17H,8-9H2,1H3. The number of aliphatic hydroxyl groups is 1. The summed E-state index contributed by atoms with van der Waals surface area (Å²) < 4.78 is 2.82. The maximum atomic E-state index is 9.95. The second-order valence-corrected chi connectivity index (χ2v) is 6.11. The first-order valence-corrected chi connectivity index (χ1v) is 7.46. The van der Waals surface area contributed by atoms with Gasteiger partial charge in [0.2, 0.25) is 0 Å². The zero-order chi connectivity index (χ0) is 13.0. The van der Waals surface area contributed by atoms with Crippen molar-refractivity contribution in [3.63, 3.8) is 0 Å². The fourth-order valence-corrected chi connectivity index (χ4v) is 2.69. The summed E-state index contributed by atoms with van der Waals surface area (Å²) in [6.07, 6.45) is 2.13. The molecule has 0 saturated carbocycles. The molecular formula is C13H15BrN2OS. The van der Waals surface area contributed by atoms with Crippen LogP contribution < -0.4 is 0 Å². The Morgan fingerprint density at radius 3 is 2.67 bits per heavy atom. The van der Waals surface area contributed by atoms with Gasteiger partial charge in [0.1, 0.15) is 0 Å². The highest BCUT2D eigenvalue weighted by molar-refractivity contribution is 9.10. The predicted molar refractivity (Wildman–Crippen MR) is 77.8 cm³/mol. The molecule has 1 N–H and O–H groups in total. The number of aromatic nitrogens is 2. The van der Waals surface area contributed by atoms with E-state index in [1.807, 2.05) is 43.6 Å². The van der Waals surface area contributed by atoms with E-state index in [0.29, 0.717) is 12.2 Å². The normalized spacial score (nSPS) is 12.6. The monoisotopic (exact) mass is 326 g/mol. The first-order valence-electron chi connectivity index (χ1n) is 5.68. The average Bonchev–Trinajstić information content (AvgIpc) is 2.74. The van der Waals surface area contributed by atoms with Crippen LogP contribution in [0.25, 0.3) is 0 Å². The van der Waals surface area contributed by atoms with E-state index in [4.69, 9.17) is 0 Å². The highest BCUT2D eigenvalue weighted by Gasteiger charge is 2.08. The van der Waals surface area contributed by atoms with E-state index < -0.39 is 0 Å². The first-order chi connectivity index (χ1) is 8.63. The molecule has 1 aromatic carbocycles. The highest BCUT2D eigenvalue weighted by atomic mass is 79.9. The van der Waals surface area contributed by atoms with Crippen molar-refractivity contribution in [2.75, 3.05) is 5.75 Å². The van der Waals surface area contributed by atoms with Gasteiger partial charge in [-0.2, -0.15) is 5.10 Å². The van der Waals surface area contributed by atoms with Gasteiger partial charge in [-0.05, 0) is 30.3 Å². The van der Waals surface area contributed by atoms with Gasteiger partial charge >= 0.3 is 0 Å². The third-order valence-electron chi connectivity index (χ3n) is 2.47. The number of aryl methyl sites for hydroxylation is 1. The van der Waals surface area contributed by atoms with E-state index >= 15 is 0 Å². The van der Waals surface area contributed by atoms with Crippen molar-refractivity contribution in [1.82, 2.24) is 9.78 Å². The Morgan fingerprint density at radius 1 is 1.33 bits per heavy atom. The largest absolute Gasteiger partial charge is 0.392 e. The zero-order valence-electron chi connectivity index (χ0n) is 10.1. The molecule has 0 saturated heterocycles. The van der Waals surface area contributed by atoms with Crippen LogP contribution in [0.5, 0.6) is 0 Å². The van der Waals surface area contributed by atoms with Crippen LogP contribution >= 0.6 is 27.7 Å². The molecule has 0 amide bonds. The molecule has 0 aliphatic heterocycles. The topological polar surface area (TPSA) is 38.0 Å². The van der Waals surface area contributed by atoms with Crippen LogP contribution in [0.3, 0.4) is 0 Å². The molecule has 18 heavy (non-hydrogen) atoms. The highest BCUT2D eigenvalue weighted by Crippen LogP contribution is 2.21. The molecule has 2 aromatic rings. The van der Waals surface area contributed by atoms with E-state index in [-0.39, 0.29) is 6.10 Å². The molecule has 1 aromatic heterocycles. The van der Waals surface area contributed by atoms with Crippen molar-refractivity contribution in [2.45, 2.75) is 17.4 Å². The molecule has 0 bridgehead atoms. The molecule has 0 aliphatic carbocycles. The Morgan fingerprint density at radius 2 is 2.06 bits per heavy atom. The fourth-order valence-electron chi connectivity index (χ4n) is 1.60. The van der Waals surface area contributed by atoms with Gasteiger partial charge in [0.25, 0.3) is 0 Å². The van der Waals surface area contributed by atoms with E-state index in [9.17, 15) is 5.11 Å². The fraction of sp³-hybridized carbons (Fsp3) is 0.308. The summed E-state index contributed by atoms with van der Waals surface area (Å²) in [4.78, 5) is 1.17. The van der Waals surface area contributed by atoms with Crippen LogP contribution in [0.4, 0.5) is 0 Å². The number of thioether (sulfide) groups is 1. The van der Waals surface area contributed by atoms with Gasteiger partial charge in [-0.25, -0.2) is 0 Å². The van der Waals surface area contributed by atoms with Crippen molar-refractivity contribution >= 4 is 27.7 Å². The van der Waals surface area contributed by atoms with E-state index in [2.05, 4.69) is 21.0 Å². The van der Waals surface area contributed by atoms with Gasteiger partial charge in [-0.3, -0.25) is 4.68 Å². The van der Waals surface area contributed by atoms with Gasteiger partial charge in [-0.1, -0.05) is 15.9 Å². The number of hydrogen-bond acceptors (Lipinski definition) is 3. The summed E-state index contributed by atoms with van der Waals surface area (Å²) in [5.41, 5.74) is 0.932. The summed E-state index contributed by atoms with van der Waals surface area (Å²) >= 11 is 5.06. The molecule has 1 atom stereocenters. The maximum absolute atomic E-state index is 9.95. The van der Waals surface area contributed by atoms with Crippen molar-refractivity contribution in [3.05, 3.63) is 46.7 Å². The Labute approximate surface area is 119 Å². The molecule has 5 heteroatoms. The number of halogens is 1. The second-order valence-electron chi connectivity index (χ2n) is 4.10. The van der Waals surface area contributed by atoms with Crippen LogP contribution in [-0.2, 0) is 13.5 Å². The Kier molecular flexibility index (Phi) is 4.86. The van der Waals surface area contributed by atoms with Gasteiger partial charge in [0, 0.05) is 34.8 Å². The minimum absolute atomic E-state index is 0.367. The summed E-state index contributed by atoms with van der Waals surface area (Å²) in [5, 5.41) is 14.2. The van der Waals surface area contributed by atoms with Crippen molar-refractivity contribution in [3.8, 4) is 0 Å². The van der Waals surface area contributed by atoms with Gasteiger partial charge < -0.3 is 5.11 Å². The molecule has 1 unspecified atom stereocenters. The van der Waals surface area contributed by atoms with Crippen LogP contribution in [0.1, 0.15) is 5.69 Å². The van der Waals surface area contributed by atoms with Gasteiger partial charge in [-0.15, -0.1) is 11.8 Å². The number of rotatable bonds is 5. The maximum Gasteiger partial charge on any atom is 0.0690 e. The average molecular weight is 327 g/mol. The zero-order valence-corrected chi connectivity index (χ0v) is 12.5. The van der Waals surface area contributed by atoms with Crippen LogP contribution in [-0.4, -0.2) is 26.7 Å². The van der Waals surface area contributed by atoms with Crippen LogP contribution in [0, 0.1) is 0 Å². The summed E-state index contributed by atoms with van der Waals surface area (Å²) in [7, 11) is 1.88. The van der Waals surface area contributed by atoms with Gasteiger partial charge in [0.15, 0.2) is 0 Å². The smallest absolute Gasteiger partial charge is 0.0690 e. The minimum atomic E-state index is -0.367. The van der Waals surface area contributed by atoms with Crippen LogP contribution in [0.2, 0.25) is 0 Å². The molecule has 0 aliphatic rings. The van der Waals surface area contributed by atoms with E-state index in [1.165, 1.54) is 4.90 Å². The molecule has 1 heterocycles. The Bertz CT molecular complexity index is 498. The quantitative estimate of drug-likeness (QED) is 0.858. The lowest BCUT2D eigenvalue weighted by Crippen LogP contribution is -2.14. The number of aliphatic hydroxyl groups excluding tert-OH is 1. The number of hydrogen-bond donors (Lipinski definition) is 1. The van der Waals surface area contributed by atoms with Crippen molar-refractivity contribution in [2.24, 2.45) is 7.05 Å². The first kappa shape index (κ1) is 13.6. The van der Waals surface area contributed by atoms with Gasteiger partial charge in [0.05, 0.1) is 11.8 Å². The lowest BCUT2D eigenvalue weighted by atomic mass is 10.2. The SMILES string of the molecule is Cn1ccc(CC(O)CSc2ccc(Br)cc2)n1. The third kappa shape index (κ3) is 4.15. The molecule has 96 valence electrons. The third-order valence-corrected chi connectivity index (χ3v) is 4.16. The summed E-state index contributed by atoms with van der Waals surface area (Å²) in [5.74, 6) is 0.679. The molecular weight excluding hydrogens is 312 g/mol. The summed E-state index contributed by atoms with van der Waals surface area (Å²) in [6.45, 7) is 0. The van der Waals surface area contributed by atoms with E-state index in [0.717, 1.165) is 10.2 Å². The second kappa shape index (κ2) is 6.41. The van der Waals surface area contributed by atoms with Crippen molar-refractivity contribution < 1.29 is 5.11 Å². The summed E-state index contributed by atoms with van der Waals surface area (Å²) in [6, 6.07) is 10.0. The Balaban J connectivity index is 1.81. The Hall–Kier alpha value is -0.780. The van der Waals surface area contributed by atoms with E-state index in [1.54, 1.807) is 16.4 Å². The number of nitrogens with zero attached hydrogens (tertiary/aromatic N) is 2. The molecule has 2 rings (SSSR count). The lowest BCUT2D eigenvalue weighted by Gasteiger charge is -2.08. The molecule has 3 nitrogen and oxygen atoms in total. The predicted octanol–water partition coefficient (Wildman–Crippen LogP) is 2.88. The molecule has 0 spiro atoms. The molecule has 0 radical (unpaired) electrons. The minimum Gasteiger partial charge on any atom is -0.392 e. The number of benzene rings is 1. The van der Waals surface area contributed by atoms with Crippen LogP contribution in [0.15, 0.2) is 45.9 Å².